The third kappa shape index (κ3) is 4.45. The fourth-order valence-corrected chi connectivity index (χ4v) is 4.39. The smallest absolute Gasteiger partial charge is 0.300 e. The molecule has 4 rings (SSSR count). The van der Waals surface area contributed by atoms with E-state index in [1.165, 1.54) is 24.1 Å². The SMILES string of the molecule is CCN(CC)c1ccc(N2C(=O)C(=O)/C(=C(/O)c3ccc(OC)cc3)C2c2ccc(O)cc2)cc1. The van der Waals surface area contributed by atoms with Crippen LogP contribution in [0.1, 0.15) is 31.0 Å². The molecule has 0 radical (unpaired) electrons. The maximum atomic E-state index is 13.3. The molecule has 0 spiro atoms. The van der Waals surface area contributed by atoms with Crippen molar-refractivity contribution >= 4 is 28.8 Å². The van der Waals surface area contributed by atoms with Crippen LogP contribution in [0.2, 0.25) is 0 Å². The topological polar surface area (TPSA) is 90.3 Å². The van der Waals surface area contributed by atoms with E-state index >= 15 is 0 Å². The van der Waals surface area contributed by atoms with E-state index in [4.69, 9.17) is 4.74 Å². The zero-order valence-corrected chi connectivity index (χ0v) is 19.9. The zero-order valence-electron chi connectivity index (χ0n) is 19.9. The minimum atomic E-state index is -0.864. The molecule has 0 saturated carbocycles. The monoisotopic (exact) mass is 472 g/mol. The van der Waals surface area contributed by atoms with Gasteiger partial charge in [0.05, 0.1) is 18.7 Å². The minimum absolute atomic E-state index is 0.0151. The summed E-state index contributed by atoms with van der Waals surface area (Å²) in [7, 11) is 1.54. The Kier molecular flexibility index (Phi) is 6.78. The van der Waals surface area contributed by atoms with E-state index < -0.39 is 17.7 Å². The number of amides is 1. The van der Waals surface area contributed by atoms with Gasteiger partial charge in [0, 0.05) is 30.0 Å². The van der Waals surface area contributed by atoms with Crippen molar-refractivity contribution in [3.05, 3.63) is 89.5 Å². The molecule has 180 valence electrons. The number of methoxy groups -OCH3 is 1. The number of nitrogens with zero attached hydrogens (tertiary/aromatic N) is 2. The number of benzene rings is 3. The number of phenols is 1. The van der Waals surface area contributed by atoms with Gasteiger partial charge in [-0.15, -0.1) is 0 Å². The summed E-state index contributed by atoms with van der Waals surface area (Å²) < 4.78 is 5.18. The lowest BCUT2D eigenvalue weighted by Gasteiger charge is -2.27. The number of hydrogen-bond acceptors (Lipinski definition) is 6. The van der Waals surface area contributed by atoms with E-state index in [0.717, 1.165) is 18.8 Å². The predicted molar refractivity (Wildman–Crippen MR) is 136 cm³/mol. The van der Waals surface area contributed by atoms with Crippen molar-refractivity contribution in [1.29, 1.82) is 0 Å². The number of Topliss-reactive ketones (excluding diaryl/α,β-unsaturated/α-hetero) is 1. The number of rotatable bonds is 7. The van der Waals surface area contributed by atoms with E-state index in [2.05, 4.69) is 18.7 Å². The first kappa shape index (κ1) is 23.9. The zero-order chi connectivity index (χ0) is 25.1. The lowest BCUT2D eigenvalue weighted by molar-refractivity contribution is -0.132. The fraction of sp³-hybridized carbons (Fsp3) is 0.214. The molecule has 35 heavy (non-hydrogen) atoms. The molecule has 7 nitrogen and oxygen atoms in total. The Bertz CT molecular complexity index is 1240. The first-order valence-electron chi connectivity index (χ1n) is 11.5. The second-order valence-electron chi connectivity index (χ2n) is 8.18. The number of aliphatic hydroxyl groups is 1. The molecule has 1 unspecified atom stereocenters. The quantitative estimate of drug-likeness (QED) is 0.290. The number of phenolic OH excluding ortho intramolecular Hbond substituents is 1. The molecule has 1 aliphatic rings. The Morgan fingerprint density at radius 2 is 1.51 bits per heavy atom. The first-order chi connectivity index (χ1) is 16.9. The molecule has 0 aromatic heterocycles. The molecule has 0 bridgehead atoms. The van der Waals surface area contributed by atoms with Crippen LogP contribution in [0, 0.1) is 0 Å². The number of carbonyl (C=O) groups excluding carboxylic acids is 2. The van der Waals surface area contributed by atoms with Crippen LogP contribution in [0.25, 0.3) is 5.76 Å². The Balaban J connectivity index is 1.85. The summed E-state index contributed by atoms with van der Waals surface area (Å²) in [5.41, 5.74) is 2.51. The molecular formula is C28H28N2O5. The molecule has 3 aromatic rings. The van der Waals surface area contributed by atoms with Crippen LogP contribution in [0.15, 0.2) is 78.4 Å². The van der Waals surface area contributed by atoms with Gasteiger partial charge in [0.15, 0.2) is 0 Å². The molecule has 2 N–H and O–H groups in total. The number of carbonyl (C=O) groups is 2. The van der Waals surface area contributed by atoms with Gasteiger partial charge in [0.25, 0.3) is 11.7 Å². The van der Waals surface area contributed by atoms with E-state index in [0.29, 0.717) is 22.6 Å². The van der Waals surface area contributed by atoms with Crippen LogP contribution >= 0.6 is 0 Å². The van der Waals surface area contributed by atoms with E-state index in [-0.39, 0.29) is 17.1 Å². The Labute approximate surface area is 204 Å². The van der Waals surface area contributed by atoms with Gasteiger partial charge in [-0.25, -0.2) is 0 Å². The molecule has 1 saturated heterocycles. The van der Waals surface area contributed by atoms with Crippen LogP contribution in [-0.4, -0.2) is 42.1 Å². The van der Waals surface area contributed by atoms with Crippen LogP contribution in [0.5, 0.6) is 11.5 Å². The fourth-order valence-electron chi connectivity index (χ4n) is 4.39. The summed E-state index contributed by atoms with van der Waals surface area (Å²) >= 11 is 0. The number of anilines is 2. The molecular weight excluding hydrogens is 444 g/mol. The van der Waals surface area contributed by atoms with Crippen molar-refractivity contribution in [1.82, 2.24) is 0 Å². The van der Waals surface area contributed by atoms with Gasteiger partial charge in [-0.3, -0.25) is 14.5 Å². The number of aromatic hydroxyl groups is 1. The number of ketones is 1. The van der Waals surface area contributed by atoms with Gasteiger partial charge >= 0.3 is 0 Å². The highest BCUT2D eigenvalue weighted by Gasteiger charge is 2.47. The Hall–Kier alpha value is -4.26. The molecule has 3 aromatic carbocycles. The summed E-state index contributed by atoms with van der Waals surface area (Å²) in [4.78, 5) is 30.1. The van der Waals surface area contributed by atoms with Crippen LogP contribution < -0.4 is 14.5 Å². The molecule has 1 atom stereocenters. The summed E-state index contributed by atoms with van der Waals surface area (Å²) in [6.07, 6.45) is 0. The van der Waals surface area contributed by atoms with Gasteiger partial charge < -0.3 is 19.8 Å². The van der Waals surface area contributed by atoms with Crippen molar-refractivity contribution in [2.45, 2.75) is 19.9 Å². The molecule has 1 fully saturated rings. The van der Waals surface area contributed by atoms with Gasteiger partial charge in [-0.05, 0) is 80.1 Å². The van der Waals surface area contributed by atoms with Crippen molar-refractivity contribution < 1.29 is 24.5 Å². The minimum Gasteiger partial charge on any atom is -0.508 e. The number of hydrogen-bond donors (Lipinski definition) is 2. The molecule has 1 heterocycles. The van der Waals surface area contributed by atoms with Gasteiger partial charge in [0.2, 0.25) is 0 Å². The largest absolute Gasteiger partial charge is 0.508 e. The summed E-state index contributed by atoms with van der Waals surface area (Å²) in [5.74, 6) is -1.11. The lowest BCUT2D eigenvalue weighted by atomic mass is 9.95. The van der Waals surface area contributed by atoms with Crippen LogP contribution in [-0.2, 0) is 9.59 Å². The van der Waals surface area contributed by atoms with Gasteiger partial charge in [-0.1, -0.05) is 12.1 Å². The molecule has 1 aliphatic heterocycles. The Morgan fingerprint density at radius 3 is 2.06 bits per heavy atom. The maximum absolute atomic E-state index is 13.3. The Morgan fingerprint density at radius 1 is 0.914 bits per heavy atom. The van der Waals surface area contributed by atoms with Crippen molar-refractivity contribution in [2.24, 2.45) is 0 Å². The van der Waals surface area contributed by atoms with E-state index in [1.807, 2.05) is 12.1 Å². The maximum Gasteiger partial charge on any atom is 0.300 e. The predicted octanol–water partition coefficient (Wildman–Crippen LogP) is 4.87. The summed E-state index contributed by atoms with van der Waals surface area (Å²) in [5, 5.41) is 21.0. The third-order valence-electron chi connectivity index (χ3n) is 6.27. The van der Waals surface area contributed by atoms with Gasteiger partial charge in [-0.2, -0.15) is 0 Å². The van der Waals surface area contributed by atoms with Crippen LogP contribution in [0.3, 0.4) is 0 Å². The van der Waals surface area contributed by atoms with Crippen LogP contribution in [0.4, 0.5) is 11.4 Å². The second kappa shape index (κ2) is 9.93. The summed E-state index contributed by atoms with van der Waals surface area (Å²) in [6, 6.07) is 19.5. The van der Waals surface area contributed by atoms with E-state index in [9.17, 15) is 19.8 Å². The average Bonchev–Trinajstić information content (AvgIpc) is 3.15. The average molecular weight is 473 g/mol. The highest BCUT2D eigenvalue weighted by molar-refractivity contribution is 6.51. The van der Waals surface area contributed by atoms with Crippen molar-refractivity contribution in [2.75, 3.05) is 30.0 Å². The molecule has 7 heteroatoms. The molecule has 0 aliphatic carbocycles. The third-order valence-corrected chi connectivity index (χ3v) is 6.27. The second-order valence-corrected chi connectivity index (χ2v) is 8.18. The van der Waals surface area contributed by atoms with E-state index in [1.54, 1.807) is 48.5 Å². The highest BCUT2D eigenvalue weighted by Crippen LogP contribution is 2.42. The van der Waals surface area contributed by atoms with Crippen molar-refractivity contribution in [3.8, 4) is 11.5 Å². The van der Waals surface area contributed by atoms with Crippen molar-refractivity contribution in [3.63, 3.8) is 0 Å². The number of ether oxygens (including phenoxy) is 1. The normalized spacial score (nSPS) is 17.0. The lowest BCUT2D eigenvalue weighted by Crippen LogP contribution is -2.29. The molecule has 1 amide bonds. The number of aliphatic hydroxyl groups excluding tert-OH is 1. The highest BCUT2D eigenvalue weighted by atomic mass is 16.5. The summed E-state index contributed by atoms with van der Waals surface area (Å²) in [6.45, 7) is 5.82. The first-order valence-corrected chi connectivity index (χ1v) is 11.5. The van der Waals surface area contributed by atoms with Gasteiger partial charge in [0.1, 0.15) is 17.3 Å². The standard InChI is InChI=1S/C28H28N2O5/c1-4-29(5-2)20-10-12-21(13-11-20)30-25(18-6-14-22(31)15-7-18)24(27(33)28(30)34)26(32)19-8-16-23(35-3)17-9-19/h6-17,25,31-32H,4-5H2,1-3H3/b26-24+.